The molecular formula is C16H26N4. The molecule has 2 fully saturated rings. The van der Waals surface area contributed by atoms with Crippen molar-refractivity contribution in [2.45, 2.75) is 63.6 Å². The lowest BCUT2D eigenvalue weighted by Gasteiger charge is -2.49. The summed E-state index contributed by atoms with van der Waals surface area (Å²) in [6.45, 7) is 5.56. The van der Waals surface area contributed by atoms with Crippen molar-refractivity contribution in [2.75, 3.05) is 13.1 Å². The molecule has 0 amide bonds. The Kier molecular flexibility index (Phi) is 4.32. The van der Waals surface area contributed by atoms with E-state index < -0.39 is 0 Å². The van der Waals surface area contributed by atoms with Gasteiger partial charge in [0, 0.05) is 37.4 Å². The van der Waals surface area contributed by atoms with Crippen LogP contribution in [-0.4, -0.2) is 39.5 Å². The molecule has 1 atom stereocenters. The van der Waals surface area contributed by atoms with E-state index in [0.29, 0.717) is 11.6 Å². The normalized spacial score (nSPS) is 26.8. The maximum Gasteiger partial charge on any atom is 0.115 e. The van der Waals surface area contributed by atoms with Crippen LogP contribution in [0.5, 0.6) is 0 Å². The van der Waals surface area contributed by atoms with Crippen molar-refractivity contribution in [3.8, 4) is 0 Å². The Bertz CT molecular complexity index is 414. The van der Waals surface area contributed by atoms with Gasteiger partial charge in [0.1, 0.15) is 6.33 Å². The number of piperazine rings is 1. The van der Waals surface area contributed by atoms with E-state index in [1.807, 2.05) is 12.3 Å². The Morgan fingerprint density at radius 2 is 2.20 bits per heavy atom. The van der Waals surface area contributed by atoms with Crippen LogP contribution in [0.2, 0.25) is 0 Å². The van der Waals surface area contributed by atoms with Crippen LogP contribution in [-0.2, 0) is 6.54 Å². The Morgan fingerprint density at radius 3 is 2.90 bits per heavy atom. The van der Waals surface area contributed by atoms with Crippen molar-refractivity contribution in [3.05, 3.63) is 24.3 Å². The van der Waals surface area contributed by atoms with Crippen LogP contribution >= 0.6 is 0 Å². The lowest BCUT2D eigenvalue weighted by Crippen LogP contribution is -2.64. The third-order valence-electron chi connectivity index (χ3n) is 5.03. The topological polar surface area (TPSA) is 41.0 Å². The van der Waals surface area contributed by atoms with Crippen molar-refractivity contribution < 1.29 is 0 Å². The van der Waals surface area contributed by atoms with E-state index in [9.17, 15) is 0 Å². The van der Waals surface area contributed by atoms with Gasteiger partial charge < -0.3 is 5.32 Å². The van der Waals surface area contributed by atoms with Crippen LogP contribution in [0.25, 0.3) is 0 Å². The molecule has 1 aromatic rings. The Hall–Kier alpha value is -1.00. The van der Waals surface area contributed by atoms with Gasteiger partial charge in [-0.05, 0) is 25.3 Å². The first kappa shape index (κ1) is 14.0. The van der Waals surface area contributed by atoms with E-state index in [-0.39, 0.29) is 0 Å². The van der Waals surface area contributed by atoms with Gasteiger partial charge in [0.25, 0.3) is 0 Å². The fourth-order valence-corrected chi connectivity index (χ4v) is 3.81. The largest absolute Gasteiger partial charge is 0.308 e. The van der Waals surface area contributed by atoms with Gasteiger partial charge in [-0.1, -0.05) is 26.2 Å². The standard InChI is InChI=1S/C16H26N4/c1-2-15-10-19-16(7-4-3-5-8-16)12-20(15)11-14-6-9-17-13-18-14/h6,9,13,15,19H,2-5,7-8,10-12H2,1H3. The fourth-order valence-electron chi connectivity index (χ4n) is 3.81. The molecule has 1 spiro atoms. The maximum atomic E-state index is 4.40. The highest BCUT2D eigenvalue weighted by atomic mass is 15.3. The zero-order valence-corrected chi connectivity index (χ0v) is 12.5. The summed E-state index contributed by atoms with van der Waals surface area (Å²) < 4.78 is 0. The highest BCUT2D eigenvalue weighted by Crippen LogP contribution is 2.32. The van der Waals surface area contributed by atoms with Crippen molar-refractivity contribution in [2.24, 2.45) is 0 Å². The summed E-state index contributed by atoms with van der Waals surface area (Å²) in [5.41, 5.74) is 1.52. The average Bonchev–Trinajstić information content (AvgIpc) is 2.49. The van der Waals surface area contributed by atoms with Gasteiger partial charge in [-0.15, -0.1) is 0 Å². The Labute approximate surface area is 122 Å². The minimum Gasteiger partial charge on any atom is -0.308 e. The highest BCUT2D eigenvalue weighted by molar-refractivity contribution is 5.03. The molecule has 110 valence electrons. The van der Waals surface area contributed by atoms with Crippen LogP contribution < -0.4 is 5.32 Å². The molecule has 3 rings (SSSR count). The molecule has 1 unspecified atom stereocenters. The second kappa shape index (κ2) is 6.19. The SMILES string of the molecule is CCC1CNC2(CCCCC2)CN1Cc1ccncn1. The summed E-state index contributed by atoms with van der Waals surface area (Å²) in [5, 5.41) is 3.88. The van der Waals surface area contributed by atoms with E-state index in [0.717, 1.165) is 18.8 Å². The first-order chi connectivity index (χ1) is 9.81. The quantitative estimate of drug-likeness (QED) is 0.918. The molecule has 4 nitrogen and oxygen atoms in total. The summed E-state index contributed by atoms with van der Waals surface area (Å²) >= 11 is 0. The number of rotatable bonds is 3. The van der Waals surface area contributed by atoms with Crippen LogP contribution in [0, 0.1) is 0 Å². The van der Waals surface area contributed by atoms with Gasteiger partial charge in [-0.25, -0.2) is 9.97 Å². The summed E-state index contributed by atoms with van der Waals surface area (Å²) in [6, 6.07) is 2.68. The number of aromatic nitrogens is 2. The predicted molar refractivity (Wildman–Crippen MR) is 80.3 cm³/mol. The second-order valence-corrected chi connectivity index (χ2v) is 6.39. The molecule has 1 saturated carbocycles. The number of hydrogen-bond acceptors (Lipinski definition) is 4. The third kappa shape index (κ3) is 3.01. The van der Waals surface area contributed by atoms with Crippen molar-refractivity contribution in [3.63, 3.8) is 0 Å². The number of hydrogen-bond donors (Lipinski definition) is 1. The predicted octanol–water partition coefficient (Wildman–Crippen LogP) is 2.36. The van der Waals surface area contributed by atoms with Gasteiger partial charge in [-0.3, -0.25) is 4.90 Å². The Morgan fingerprint density at radius 1 is 1.35 bits per heavy atom. The van der Waals surface area contributed by atoms with Gasteiger partial charge in [-0.2, -0.15) is 0 Å². The highest BCUT2D eigenvalue weighted by Gasteiger charge is 2.39. The summed E-state index contributed by atoms with van der Waals surface area (Å²) in [7, 11) is 0. The zero-order valence-electron chi connectivity index (χ0n) is 12.5. The van der Waals surface area contributed by atoms with Gasteiger partial charge in [0.05, 0.1) is 5.69 Å². The monoisotopic (exact) mass is 274 g/mol. The van der Waals surface area contributed by atoms with E-state index in [1.165, 1.54) is 45.1 Å². The first-order valence-corrected chi connectivity index (χ1v) is 8.05. The zero-order chi connectivity index (χ0) is 13.8. The molecule has 2 aliphatic rings. The van der Waals surface area contributed by atoms with E-state index >= 15 is 0 Å². The number of nitrogens with one attached hydrogen (secondary N) is 1. The van der Waals surface area contributed by atoms with E-state index in [2.05, 4.69) is 27.1 Å². The van der Waals surface area contributed by atoms with Crippen LogP contribution in [0.1, 0.15) is 51.1 Å². The fraction of sp³-hybridized carbons (Fsp3) is 0.750. The first-order valence-electron chi connectivity index (χ1n) is 8.05. The van der Waals surface area contributed by atoms with Crippen molar-refractivity contribution >= 4 is 0 Å². The molecule has 1 aliphatic heterocycles. The lowest BCUT2D eigenvalue weighted by atomic mass is 9.79. The Balaban J connectivity index is 1.71. The summed E-state index contributed by atoms with van der Waals surface area (Å²) in [5.74, 6) is 0. The van der Waals surface area contributed by atoms with Crippen LogP contribution in [0.15, 0.2) is 18.6 Å². The van der Waals surface area contributed by atoms with E-state index in [4.69, 9.17) is 0 Å². The van der Waals surface area contributed by atoms with Crippen LogP contribution in [0.3, 0.4) is 0 Å². The number of nitrogens with zero attached hydrogens (tertiary/aromatic N) is 3. The minimum absolute atomic E-state index is 0.372. The summed E-state index contributed by atoms with van der Waals surface area (Å²) in [4.78, 5) is 11.1. The lowest BCUT2D eigenvalue weighted by molar-refractivity contribution is 0.0475. The van der Waals surface area contributed by atoms with Crippen LogP contribution in [0.4, 0.5) is 0 Å². The smallest absolute Gasteiger partial charge is 0.115 e. The maximum absolute atomic E-state index is 4.40. The molecule has 1 N–H and O–H groups in total. The molecule has 2 heterocycles. The van der Waals surface area contributed by atoms with Crippen molar-refractivity contribution in [1.29, 1.82) is 0 Å². The molecule has 1 saturated heterocycles. The molecule has 1 aliphatic carbocycles. The molecule has 1 aromatic heterocycles. The third-order valence-corrected chi connectivity index (χ3v) is 5.03. The average molecular weight is 274 g/mol. The molecule has 0 radical (unpaired) electrons. The second-order valence-electron chi connectivity index (χ2n) is 6.39. The van der Waals surface area contributed by atoms with E-state index in [1.54, 1.807) is 6.33 Å². The van der Waals surface area contributed by atoms with Gasteiger partial charge in [0.15, 0.2) is 0 Å². The van der Waals surface area contributed by atoms with Gasteiger partial charge >= 0.3 is 0 Å². The van der Waals surface area contributed by atoms with Gasteiger partial charge in [0.2, 0.25) is 0 Å². The minimum atomic E-state index is 0.372. The molecule has 0 bridgehead atoms. The molecule has 20 heavy (non-hydrogen) atoms. The molecular weight excluding hydrogens is 248 g/mol. The van der Waals surface area contributed by atoms with Crippen molar-refractivity contribution in [1.82, 2.24) is 20.2 Å². The molecule has 4 heteroatoms. The molecule has 0 aromatic carbocycles. The summed E-state index contributed by atoms with van der Waals surface area (Å²) in [6.07, 6.45) is 11.6.